The van der Waals surface area contributed by atoms with E-state index < -0.39 is 28.0 Å². The molecule has 5 nitrogen and oxygen atoms in total. The summed E-state index contributed by atoms with van der Waals surface area (Å²) in [5, 5.41) is 0. The summed E-state index contributed by atoms with van der Waals surface area (Å²) in [5.41, 5.74) is 1.66. The molecule has 0 bridgehead atoms. The average Bonchev–Trinajstić information content (AvgIpc) is 2.79. The summed E-state index contributed by atoms with van der Waals surface area (Å²) in [4.78, 5) is 13.9. The van der Waals surface area contributed by atoms with E-state index in [4.69, 9.17) is 4.74 Å². The topological polar surface area (TPSA) is 72.5 Å². The molecule has 0 saturated heterocycles. The van der Waals surface area contributed by atoms with Gasteiger partial charge in [0.1, 0.15) is 0 Å². The fraction of sp³-hybridized carbons (Fsp3) is 0.208. The minimum Gasteiger partial charge on any atom is -0.469 e. The second-order valence-electron chi connectivity index (χ2n) is 7.08. The highest BCUT2D eigenvalue weighted by atomic mass is 32.2. The van der Waals surface area contributed by atoms with Gasteiger partial charge in [-0.25, -0.2) is 13.1 Å². The van der Waals surface area contributed by atoms with Gasteiger partial charge in [-0.1, -0.05) is 66.2 Å². The fourth-order valence-electron chi connectivity index (χ4n) is 3.15. The lowest BCUT2D eigenvalue weighted by Crippen LogP contribution is -2.38. The molecule has 3 aromatic rings. The number of sulfonamides is 1. The first-order valence-electron chi connectivity index (χ1n) is 9.80. The van der Waals surface area contributed by atoms with E-state index in [1.165, 1.54) is 18.9 Å². The molecule has 0 saturated carbocycles. The van der Waals surface area contributed by atoms with E-state index in [1.54, 1.807) is 24.3 Å². The first-order chi connectivity index (χ1) is 14.9. The largest absolute Gasteiger partial charge is 0.469 e. The first-order valence-corrected chi connectivity index (χ1v) is 12.3. The van der Waals surface area contributed by atoms with E-state index in [2.05, 4.69) is 4.72 Å². The van der Waals surface area contributed by atoms with Crippen LogP contribution in [0.5, 0.6) is 0 Å². The fourth-order valence-corrected chi connectivity index (χ4v) is 5.47. The van der Waals surface area contributed by atoms with Crippen molar-refractivity contribution in [2.45, 2.75) is 22.8 Å². The average molecular weight is 456 g/mol. The Bertz CT molecular complexity index is 1090. The minimum atomic E-state index is -3.86. The summed E-state index contributed by atoms with van der Waals surface area (Å²) in [7, 11) is -2.54. The molecule has 2 unspecified atom stereocenters. The lowest BCUT2D eigenvalue weighted by Gasteiger charge is -2.26. The van der Waals surface area contributed by atoms with Gasteiger partial charge in [0.15, 0.2) is 0 Å². The highest BCUT2D eigenvalue weighted by molar-refractivity contribution is 7.99. The number of esters is 1. The third-order valence-electron chi connectivity index (χ3n) is 4.85. The number of benzene rings is 3. The second-order valence-corrected chi connectivity index (χ2v) is 9.88. The number of carbonyl (C=O) groups is 1. The van der Waals surface area contributed by atoms with Crippen molar-refractivity contribution in [2.24, 2.45) is 5.92 Å². The Hall–Kier alpha value is -2.61. The van der Waals surface area contributed by atoms with Gasteiger partial charge in [-0.15, -0.1) is 11.8 Å². The lowest BCUT2D eigenvalue weighted by atomic mass is 9.95. The van der Waals surface area contributed by atoms with Crippen molar-refractivity contribution >= 4 is 27.8 Å². The molecule has 0 radical (unpaired) electrons. The van der Waals surface area contributed by atoms with E-state index in [9.17, 15) is 13.2 Å². The number of hydrogen-bond donors (Lipinski definition) is 1. The maximum Gasteiger partial charge on any atom is 0.311 e. The van der Waals surface area contributed by atoms with Crippen molar-refractivity contribution < 1.29 is 17.9 Å². The molecule has 7 heteroatoms. The Morgan fingerprint density at radius 2 is 1.52 bits per heavy atom. The zero-order valence-corrected chi connectivity index (χ0v) is 19.0. The number of carbonyl (C=O) groups excluding carboxylic acids is 1. The maximum absolute atomic E-state index is 13.1. The molecular formula is C24H25NO4S2. The number of ether oxygens (including phenoxy) is 1. The zero-order chi connectivity index (χ0) is 22.3. The number of methoxy groups -OCH3 is 1. The molecule has 0 spiro atoms. The van der Waals surface area contributed by atoms with Crippen LogP contribution in [0.2, 0.25) is 0 Å². The SMILES string of the molecule is COC(=O)C(CSc1ccccc1)C(NS(=O)(=O)c1ccc(C)cc1)c1ccccc1. The Kier molecular flexibility index (Phi) is 7.90. The van der Waals surface area contributed by atoms with Crippen LogP contribution in [-0.4, -0.2) is 27.2 Å². The summed E-state index contributed by atoms with van der Waals surface area (Å²) < 4.78 is 34.1. The van der Waals surface area contributed by atoms with Crippen molar-refractivity contribution in [1.29, 1.82) is 0 Å². The van der Waals surface area contributed by atoms with Crippen LogP contribution in [0, 0.1) is 12.8 Å². The molecule has 0 heterocycles. The standard InChI is InChI=1S/C24H25NO4S2/c1-18-13-15-21(16-14-18)31(27,28)25-23(19-9-5-3-6-10-19)22(24(26)29-2)17-30-20-11-7-4-8-12-20/h3-16,22-23,25H,17H2,1-2H3. The zero-order valence-electron chi connectivity index (χ0n) is 17.4. The van der Waals surface area contributed by atoms with E-state index in [0.29, 0.717) is 11.3 Å². The Morgan fingerprint density at radius 1 is 0.935 bits per heavy atom. The van der Waals surface area contributed by atoms with Gasteiger partial charge >= 0.3 is 5.97 Å². The van der Waals surface area contributed by atoms with Gasteiger partial charge in [0.05, 0.1) is 24.0 Å². The van der Waals surface area contributed by atoms with Crippen molar-refractivity contribution in [3.63, 3.8) is 0 Å². The molecule has 0 aromatic heterocycles. The normalized spacial score (nSPS) is 13.4. The van der Waals surface area contributed by atoms with E-state index >= 15 is 0 Å². The summed E-state index contributed by atoms with van der Waals surface area (Å²) in [6.07, 6.45) is 0. The summed E-state index contributed by atoms with van der Waals surface area (Å²) in [5.74, 6) is -0.839. The summed E-state index contributed by atoms with van der Waals surface area (Å²) in [6.45, 7) is 1.89. The van der Waals surface area contributed by atoms with Crippen LogP contribution in [0.1, 0.15) is 17.2 Å². The van der Waals surface area contributed by atoms with Gasteiger partial charge in [0.25, 0.3) is 0 Å². The van der Waals surface area contributed by atoms with Gasteiger partial charge in [0, 0.05) is 10.6 Å². The highest BCUT2D eigenvalue weighted by Gasteiger charge is 2.34. The summed E-state index contributed by atoms with van der Waals surface area (Å²) in [6, 6.07) is 24.6. The second kappa shape index (κ2) is 10.6. The quantitative estimate of drug-likeness (QED) is 0.377. The Labute approximate surface area is 187 Å². The van der Waals surface area contributed by atoms with Crippen molar-refractivity contribution in [2.75, 3.05) is 12.9 Å². The molecule has 31 heavy (non-hydrogen) atoms. The Morgan fingerprint density at radius 3 is 2.10 bits per heavy atom. The van der Waals surface area contributed by atoms with Crippen molar-refractivity contribution in [3.05, 3.63) is 96.1 Å². The number of thioether (sulfide) groups is 1. The van der Waals surface area contributed by atoms with Crippen LogP contribution in [-0.2, 0) is 19.6 Å². The number of aryl methyl sites for hydroxylation is 1. The van der Waals surface area contributed by atoms with Crippen LogP contribution in [0.4, 0.5) is 0 Å². The molecule has 162 valence electrons. The van der Waals surface area contributed by atoms with Crippen molar-refractivity contribution in [3.8, 4) is 0 Å². The van der Waals surface area contributed by atoms with Gasteiger partial charge in [0.2, 0.25) is 10.0 Å². The molecule has 0 fully saturated rings. The monoisotopic (exact) mass is 455 g/mol. The minimum absolute atomic E-state index is 0.151. The third kappa shape index (κ3) is 6.19. The predicted molar refractivity (Wildman–Crippen MR) is 123 cm³/mol. The lowest BCUT2D eigenvalue weighted by molar-refractivity contribution is -0.145. The third-order valence-corrected chi connectivity index (χ3v) is 7.44. The molecule has 0 amide bonds. The van der Waals surface area contributed by atoms with Crippen molar-refractivity contribution in [1.82, 2.24) is 4.72 Å². The predicted octanol–water partition coefficient (Wildman–Crippen LogP) is 4.60. The van der Waals surface area contributed by atoms with E-state index in [0.717, 1.165) is 10.5 Å². The van der Waals surface area contributed by atoms with E-state index in [-0.39, 0.29) is 4.90 Å². The smallest absolute Gasteiger partial charge is 0.311 e. The van der Waals surface area contributed by atoms with Gasteiger partial charge in [-0.05, 0) is 36.8 Å². The molecular weight excluding hydrogens is 430 g/mol. The molecule has 3 rings (SSSR count). The van der Waals surface area contributed by atoms with Crippen LogP contribution in [0.25, 0.3) is 0 Å². The molecule has 0 aliphatic rings. The van der Waals surface area contributed by atoms with Crippen LogP contribution < -0.4 is 4.72 Å². The van der Waals surface area contributed by atoms with Crippen LogP contribution >= 0.6 is 11.8 Å². The number of rotatable bonds is 9. The number of hydrogen-bond acceptors (Lipinski definition) is 5. The molecule has 0 aliphatic carbocycles. The molecule has 0 aliphatic heterocycles. The van der Waals surface area contributed by atoms with Crippen LogP contribution in [0.15, 0.2) is 94.7 Å². The first kappa shape index (κ1) is 23.1. The van der Waals surface area contributed by atoms with Gasteiger partial charge in [-0.2, -0.15) is 0 Å². The molecule has 1 N–H and O–H groups in total. The molecule has 2 atom stereocenters. The Balaban J connectivity index is 1.95. The number of nitrogens with one attached hydrogen (secondary N) is 1. The van der Waals surface area contributed by atoms with E-state index in [1.807, 2.05) is 67.6 Å². The molecule has 3 aromatic carbocycles. The summed E-state index contributed by atoms with van der Waals surface area (Å²) >= 11 is 1.48. The highest BCUT2D eigenvalue weighted by Crippen LogP contribution is 2.31. The van der Waals surface area contributed by atoms with Gasteiger partial charge < -0.3 is 4.74 Å². The van der Waals surface area contributed by atoms with Gasteiger partial charge in [-0.3, -0.25) is 4.79 Å². The maximum atomic E-state index is 13.1. The van der Waals surface area contributed by atoms with Crippen LogP contribution in [0.3, 0.4) is 0 Å².